The molecule has 3 aromatic heterocycles. The minimum absolute atomic E-state index is 0.135. The van der Waals surface area contributed by atoms with Crippen molar-refractivity contribution in [1.29, 1.82) is 10.5 Å². The molecule has 0 radical (unpaired) electrons. The van der Waals surface area contributed by atoms with E-state index < -0.39 is 11.9 Å². The van der Waals surface area contributed by atoms with Crippen LogP contribution in [0, 0.1) is 22.7 Å². The standard InChI is InChI=1S/C69H43N7O4/c70-40-46-19-14-22-49(35-46)50-28-32-63(75-59-25-12-10-23-53(59)56-38-51(29-33-61(56)75)68(77)79-42-44-15-4-1-5-16-44)58(37-50)67-73-65(48-20-8-3-9-21-48)72-66(74-67)55-31-27-47(41-71)36-64(55)76-60-26-13-11-24-54(60)57-39-52(30-34-62(57)76)69(78)80-43-45-17-6-2-7-18-45/h1-39H,42-43H2. The van der Waals surface area contributed by atoms with Gasteiger partial charge in [0.1, 0.15) is 13.2 Å². The van der Waals surface area contributed by atoms with Crippen molar-refractivity contribution in [2.24, 2.45) is 0 Å². The first-order valence-electron chi connectivity index (χ1n) is 25.9. The quantitative estimate of drug-likeness (QED) is 0.109. The van der Waals surface area contributed by atoms with E-state index in [-0.39, 0.29) is 13.2 Å². The van der Waals surface area contributed by atoms with Crippen LogP contribution in [0.5, 0.6) is 0 Å². The van der Waals surface area contributed by atoms with Crippen LogP contribution in [0.25, 0.3) is 100 Å². The van der Waals surface area contributed by atoms with Crippen molar-refractivity contribution in [2.45, 2.75) is 13.2 Å². The van der Waals surface area contributed by atoms with Crippen LogP contribution in [0.2, 0.25) is 0 Å². The molecule has 378 valence electrons. The van der Waals surface area contributed by atoms with Crippen molar-refractivity contribution in [3.8, 4) is 68.8 Å². The molecule has 11 nitrogen and oxygen atoms in total. The lowest BCUT2D eigenvalue weighted by molar-refractivity contribution is 0.0464. The van der Waals surface area contributed by atoms with Gasteiger partial charge in [-0.3, -0.25) is 0 Å². The number of fused-ring (bicyclic) bond motifs is 6. The number of ether oxygens (including phenoxy) is 2. The second-order valence-electron chi connectivity index (χ2n) is 19.2. The predicted octanol–water partition coefficient (Wildman–Crippen LogP) is 15.2. The Morgan fingerprint density at radius 1 is 0.375 bits per heavy atom. The molecule has 3 heterocycles. The summed E-state index contributed by atoms with van der Waals surface area (Å²) in [6.07, 6.45) is 0. The van der Waals surface area contributed by atoms with Crippen molar-refractivity contribution in [3.05, 3.63) is 270 Å². The Bertz CT molecular complexity index is 4670. The molecule has 0 bridgehead atoms. The van der Waals surface area contributed by atoms with Gasteiger partial charge in [0.25, 0.3) is 0 Å². The molecule has 0 unspecified atom stereocenters. The topological polar surface area (TPSA) is 149 Å². The van der Waals surface area contributed by atoms with Crippen LogP contribution in [0.3, 0.4) is 0 Å². The number of hydrogen-bond donors (Lipinski definition) is 0. The normalized spacial score (nSPS) is 11.2. The number of hydrogen-bond acceptors (Lipinski definition) is 9. The van der Waals surface area contributed by atoms with Crippen LogP contribution in [0.4, 0.5) is 0 Å². The van der Waals surface area contributed by atoms with Crippen molar-refractivity contribution >= 4 is 55.6 Å². The Kier molecular flexibility index (Phi) is 12.5. The summed E-state index contributed by atoms with van der Waals surface area (Å²) < 4.78 is 15.8. The van der Waals surface area contributed by atoms with Crippen LogP contribution in [0.1, 0.15) is 43.0 Å². The molecule has 0 saturated heterocycles. The number of benzene rings is 10. The van der Waals surface area contributed by atoms with Gasteiger partial charge in [0.05, 0.1) is 67.8 Å². The molecule has 0 aliphatic heterocycles. The van der Waals surface area contributed by atoms with Crippen LogP contribution >= 0.6 is 0 Å². The lowest BCUT2D eigenvalue weighted by atomic mass is 9.99. The average Bonchev–Trinajstić information content (AvgIpc) is 4.21. The fourth-order valence-corrected chi connectivity index (χ4v) is 10.5. The third-order valence-electron chi connectivity index (χ3n) is 14.3. The number of nitriles is 2. The highest BCUT2D eigenvalue weighted by atomic mass is 16.5. The average molecular weight is 1030 g/mol. The Morgan fingerprint density at radius 3 is 1.44 bits per heavy atom. The van der Waals surface area contributed by atoms with Crippen LogP contribution in [-0.4, -0.2) is 36.0 Å². The predicted molar refractivity (Wildman–Crippen MR) is 311 cm³/mol. The fraction of sp³-hybridized carbons (Fsp3) is 0.0290. The van der Waals surface area contributed by atoms with Gasteiger partial charge in [-0.25, -0.2) is 24.5 Å². The number of carbonyl (C=O) groups is 2. The number of rotatable bonds is 12. The molecule has 13 rings (SSSR count). The largest absolute Gasteiger partial charge is 0.457 e. The highest BCUT2D eigenvalue weighted by molar-refractivity contribution is 6.13. The van der Waals surface area contributed by atoms with Gasteiger partial charge in [-0.2, -0.15) is 10.5 Å². The molecule has 0 spiro atoms. The third kappa shape index (κ3) is 9.03. The highest BCUT2D eigenvalue weighted by Crippen LogP contribution is 2.41. The van der Waals surface area contributed by atoms with Crippen LogP contribution in [0.15, 0.2) is 237 Å². The number of esters is 2. The smallest absolute Gasteiger partial charge is 0.338 e. The van der Waals surface area contributed by atoms with Crippen LogP contribution in [-0.2, 0) is 22.7 Å². The monoisotopic (exact) mass is 1030 g/mol. The molecule has 10 aromatic carbocycles. The first-order chi connectivity index (χ1) is 39.4. The van der Waals surface area contributed by atoms with E-state index >= 15 is 0 Å². The summed E-state index contributed by atoms with van der Waals surface area (Å²) in [7, 11) is 0. The molecule has 0 aliphatic carbocycles. The van der Waals surface area contributed by atoms with Gasteiger partial charge in [0, 0.05) is 38.2 Å². The minimum atomic E-state index is -0.447. The van der Waals surface area contributed by atoms with Gasteiger partial charge < -0.3 is 18.6 Å². The van der Waals surface area contributed by atoms with Crippen molar-refractivity contribution in [2.75, 3.05) is 0 Å². The maximum absolute atomic E-state index is 13.7. The molecule has 0 amide bonds. The SMILES string of the molecule is N#Cc1cccc(-c2ccc(-n3c4ccccc4c4cc(C(=O)OCc5ccccc5)ccc43)c(-c3nc(-c4ccccc4)nc(-c4ccc(C#N)cc4-n4c5ccccc5c5cc(C(=O)OCc6ccccc6)ccc54)n3)c2)c1. The molecular formula is C69H43N7O4. The molecular weight excluding hydrogens is 991 g/mol. The highest BCUT2D eigenvalue weighted by Gasteiger charge is 2.25. The first-order valence-corrected chi connectivity index (χ1v) is 25.9. The van der Waals surface area contributed by atoms with E-state index in [0.717, 1.165) is 77.1 Å². The second-order valence-corrected chi connectivity index (χ2v) is 19.2. The molecule has 13 aromatic rings. The van der Waals surface area contributed by atoms with Gasteiger partial charge in [-0.15, -0.1) is 0 Å². The van der Waals surface area contributed by atoms with E-state index in [1.54, 1.807) is 24.3 Å². The number of para-hydroxylation sites is 2. The molecule has 0 fully saturated rings. The van der Waals surface area contributed by atoms with E-state index in [1.807, 2.05) is 206 Å². The lowest BCUT2D eigenvalue weighted by Gasteiger charge is -2.18. The minimum Gasteiger partial charge on any atom is -0.457 e. The van der Waals surface area contributed by atoms with Crippen molar-refractivity contribution in [1.82, 2.24) is 24.1 Å². The molecule has 80 heavy (non-hydrogen) atoms. The second kappa shape index (κ2) is 20.7. The fourth-order valence-electron chi connectivity index (χ4n) is 10.5. The summed E-state index contributed by atoms with van der Waals surface area (Å²) in [6, 6.07) is 79.8. The third-order valence-corrected chi connectivity index (χ3v) is 14.3. The first kappa shape index (κ1) is 48.4. The number of aromatic nitrogens is 5. The summed E-state index contributed by atoms with van der Waals surface area (Å²) in [5.41, 5.74) is 11.9. The summed E-state index contributed by atoms with van der Waals surface area (Å²) >= 11 is 0. The Labute approximate surface area is 459 Å². The van der Waals surface area contributed by atoms with E-state index in [9.17, 15) is 20.1 Å². The molecule has 0 N–H and O–H groups in total. The number of carbonyl (C=O) groups excluding carboxylic acids is 2. The van der Waals surface area contributed by atoms with Gasteiger partial charge in [-0.05, 0) is 113 Å². The molecule has 11 heteroatoms. The van der Waals surface area contributed by atoms with Gasteiger partial charge in [0.2, 0.25) is 0 Å². The van der Waals surface area contributed by atoms with Crippen molar-refractivity contribution < 1.29 is 19.1 Å². The van der Waals surface area contributed by atoms with Gasteiger partial charge in [-0.1, -0.05) is 146 Å². The van der Waals surface area contributed by atoms with E-state index in [1.165, 1.54) is 0 Å². The Balaban J connectivity index is 1.01. The summed E-state index contributed by atoms with van der Waals surface area (Å²) in [6.45, 7) is 0.277. The summed E-state index contributed by atoms with van der Waals surface area (Å²) in [4.78, 5) is 43.3. The Morgan fingerprint density at radius 2 is 0.850 bits per heavy atom. The van der Waals surface area contributed by atoms with E-state index in [0.29, 0.717) is 56.5 Å². The van der Waals surface area contributed by atoms with E-state index in [4.69, 9.17) is 24.4 Å². The lowest BCUT2D eigenvalue weighted by Crippen LogP contribution is -2.06. The molecule has 0 aliphatic rings. The zero-order chi connectivity index (χ0) is 54.1. The van der Waals surface area contributed by atoms with Crippen LogP contribution < -0.4 is 0 Å². The Hall–Kier alpha value is -11.3. The van der Waals surface area contributed by atoms with E-state index in [2.05, 4.69) is 27.3 Å². The summed E-state index contributed by atoms with van der Waals surface area (Å²) in [5, 5.41) is 24.0. The van der Waals surface area contributed by atoms with Gasteiger partial charge >= 0.3 is 11.9 Å². The maximum atomic E-state index is 13.7. The summed E-state index contributed by atoms with van der Waals surface area (Å²) in [5.74, 6) is 0.215. The van der Waals surface area contributed by atoms with Gasteiger partial charge in [0.15, 0.2) is 17.5 Å². The zero-order valence-corrected chi connectivity index (χ0v) is 42.7. The van der Waals surface area contributed by atoms with Crippen molar-refractivity contribution in [3.63, 3.8) is 0 Å². The molecule has 0 saturated carbocycles. The maximum Gasteiger partial charge on any atom is 0.338 e. The zero-order valence-electron chi connectivity index (χ0n) is 42.7. The number of nitrogens with zero attached hydrogens (tertiary/aromatic N) is 7. The molecule has 0 atom stereocenters.